The van der Waals surface area contributed by atoms with E-state index in [1.54, 1.807) is 18.7 Å². The quantitative estimate of drug-likeness (QED) is 0.528. The van der Waals surface area contributed by atoms with Crippen molar-refractivity contribution in [2.75, 3.05) is 32.8 Å². The summed E-state index contributed by atoms with van der Waals surface area (Å²) in [6.45, 7) is 4.99. The van der Waals surface area contributed by atoms with Crippen LogP contribution in [0.2, 0.25) is 0 Å². The molecule has 0 saturated carbocycles. The van der Waals surface area contributed by atoms with E-state index in [9.17, 15) is 14.3 Å². The van der Waals surface area contributed by atoms with Gasteiger partial charge in [0.05, 0.1) is 24.2 Å². The van der Waals surface area contributed by atoms with Gasteiger partial charge in [0.1, 0.15) is 28.9 Å². The number of aromatic nitrogens is 2. The topological polar surface area (TPSA) is 90.5 Å². The van der Waals surface area contributed by atoms with Crippen LogP contribution in [0.15, 0.2) is 30.6 Å². The number of pyridine rings is 1. The molecule has 0 spiro atoms. The van der Waals surface area contributed by atoms with Crippen LogP contribution in [0.25, 0.3) is 22.2 Å². The summed E-state index contributed by atoms with van der Waals surface area (Å²) in [6.07, 6.45) is 2.56. The molecular formula is C25H27F3N4O3. The number of likely N-dealkylation sites (tertiary alicyclic amines) is 1. The molecule has 2 fully saturated rings. The number of rotatable bonds is 3. The van der Waals surface area contributed by atoms with Gasteiger partial charge in [-0.2, -0.15) is 0 Å². The van der Waals surface area contributed by atoms with Crippen molar-refractivity contribution < 1.29 is 27.8 Å². The zero-order chi connectivity index (χ0) is 24.9. The summed E-state index contributed by atoms with van der Waals surface area (Å²) < 4.78 is 50.7. The van der Waals surface area contributed by atoms with Crippen LogP contribution in [-0.2, 0) is 15.1 Å². The summed E-state index contributed by atoms with van der Waals surface area (Å²) in [5.74, 6) is -3.89. The molecule has 0 radical (unpaired) electrons. The van der Waals surface area contributed by atoms with E-state index in [4.69, 9.17) is 4.74 Å². The van der Waals surface area contributed by atoms with Crippen molar-refractivity contribution in [2.45, 2.75) is 25.5 Å². The maximum atomic E-state index is 15.5. The van der Waals surface area contributed by atoms with E-state index in [0.29, 0.717) is 13.2 Å². The summed E-state index contributed by atoms with van der Waals surface area (Å²) in [6, 6.07) is 3.23. The first-order valence-corrected chi connectivity index (χ1v) is 11.7. The Balaban J connectivity index is 1.47. The molecule has 186 valence electrons. The molecule has 2 unspecified atom stereocenters. The van der Waals surface area contributed by atoms with Gasteiger partial charge in [-0.25, -0.2) is 18.2 Å². The summed E-state index contributed by atoms with van der Waals surface area (Å²) >= 11 is 0. The smallest absolute Gasteiger partial charge is 0.242 e. The van der Waals surface area contributed by atoms with Crippen LogP contribution < -0.4 is 5.32 Å². The van der Waals surface area contributed by atoms with Crippen molar-refractivity contribution in [2.24, 2.45) is 11.8 Å². The monoisotopic (exact) mass is 488 g/mol. The summed E-state index contributed by atoms with van der Waals surface area (Å²) in [5, 5.41) is 14.9. The second-order valence-electron chi connectivity index (χ2n) is 9.49. The fourth-order valence-electron chi connectivity index (χ4n) is 5.49. The van der Waals surface area contributed by atoms with Gasteiger partial charge >= 0.3 is 0 Å². The number of carbonyl (C=O) groups excluding carboxylic acids is 1. The zero-order valence-electron chi connectivity index (χ0n) is 19.4. The van der Waals surface area contributed by atoms with Crippen molar-refractivity contribution in [3.8, 4) is 11.1 Å². The first-order valence-electron chi connectivity index (χ1n) is 11.7. The third-order valence-electron chi connectivity index (χ3n) is 7.30. The zero-order valence-corrected chi connectivity index (χ0v) is 19.4. The first-order chi connectivity index (χ1) is 16.7. The minimum atomic E-state index is -1.84. The van der Waals surface area contributed by atoms with Crippen LogP contribution in [0.3, 0.4) is 0 Å². The lowest BCUT2D eigenvalue weighted by Gasteiger charge is -2.48. The predicted molar refractivity (Wildman–Crippen MR) is 123 cm³/mol. The summed E-state index contributed by atoms with van der Waals surface area (Å²) in [4.78, 5) is 21.3. The molecule has 3 aromatic rings. The number of aliphatic hydroxyl groups is 1. The van der Waals surface area contributed by atoms with Crippen molar-refractivity contribution in [1.82, 2.24) is 20.2 Å². The number of halogens is 3. The van der Waals surface area contributed by atoms with E-state index in [1.165, 1.54) is 12.3 Å². The number of benzene rings is 1. The normalized spacial score (nSPS) is 27.4. The Kier molecular flexibility index (Phi) is 6.06. The Morgan fingerprint density at radius 3 is 2.49 bits per heavy atom. The van der Waals surface area contributed by atoms with Gasteiger partial charge in [0.15, 0.2) is 5.82 Å². The van der Waals surface area contributed by atoms with Gasteiger partial charge in [-0.15, -0.1) is 0 Å². The fraction of sp³-hybridized carbons (Fsp3) is 0.440. The molecule has 2 saturated heterocycles. The fourth-order valence-corrected chi connectivity index (χ4v) is 5.49. The number of morpholine rings is 1. The number of H-pyrrole nitrogens is 1. The lowest BCUT2D eigenvalue weighted by molar-refractivity contribution is -0.154. The largest absolute Gasteiger partial charge is 0.384 e. The Bertz CT molecular complexity index is 1240. The molecule has 3 N–H and O–H groups in total. The van der Waals surface area contributed by atoms with E-state index in [2.05, 4.69) is 15.3 Å². The van der Waals surface area contributed by atoms with E-state index in [0.717, 1.165) is 18.3 Å². The van der Waals surface area contributed by atoms with Crippen molar-refractivity contribution >= 4 is 16.9 Å². The molecule has 1 amide bonds. The Morgan fingerprint density at radius 1 is 1.17 bits per heavy atom. The van der Waals surface area contributed by atoms with Crippen molar-refractivity contribution in [3.05, 3.63) is 53.6 Å². The van der Waals surface area contributed by atoms with E-state index >= 15 is 8.78 Å². The summed E-state index contributed by atoms with van der Waals surface area (Å²) in [5.41, 5.74) is -1.59. The highest BCUT2D eigenvalue weighted by Gasteiger charge is 2.50. The van der Waals surface area contributed by atoms with Gasteiger partial charge in [0.25, 0.3) is 0 Å². The molecule has 2 aliphatic heterocycles. The highest BCUT2D eigenvalue weighted by molar-refractivity contribution is 5.93. The minimum Gasteiger partial charge on any atom is -0.384 e. The highest BCUT2D eigenvalue weighted by Crippen LogP contribution is 2.44. The van der Waals surface area contributed by atoms with Gasteiger partial charge in [0.2, 0.25) is 5.91 Å². The summed E-state index contributed by atoms with van der Waals surface area (Å²) in [7, 11) is 0. The Hall–Kier alpha value is -2.95. The van der Waals surface area contributed by atoms with Crippen LogP contribution in [-0.4, -0.2) is 64.8 Å². The third-order valence-corrected chi connectivity index (χ3v) is 7.30. The lowest BCUT2D eigenvalue weighted by Crippen LogP contribution is -2.60. The molecule has 10 heteroatoms. The van der Waals surface area contributed by atoms with Crippen LogP contribution in [0.1, 0.15) is 19.4 Å². The molecule has 7 nitrogen and oxygen atoms in total. The molecule has 0 bridgehead atoms. The molecule has 1 aromatic carbocycles. The number of nitrogens with one attached hydrogen (secondary N) is 2. The molecule has 2 aliphatic rings. The van der Waals surface area contributed by atoms with Crippen molar-refractivity contribution in [1.29, 1.82) is 0 Å². The molecular weight excluding hydrogens is 461 g/mol. The average molecular weight is 489 g/mol. The van der Waals surface area contributed by atoms with Gasteiger partial charge in [-0.05, 0) is 29.3 Å². The molecule has 2 aromatic heterocycles. The predicted octanol–water partition coefficient (Wildman–Crippen LogP) is 2.94. The van der Waals surface area contributed by atoms with E-state index < -0.39 is 46.5 Å². The van der Waals surface area contributed by atoms with E-state index in [-0.39, 0.29) is 47.8 Å². The maximum Gasteiger partial charge on any atom is 0.242 e. The van der Waals surface area contributed by atoms with E-state index in [1.807, 2.05) is 0 Å². The number of hydrogen-bond acceptors (Lipinski definition) is 5. The van der Waals surface area contributed by atoms with Gasteiger partial charge in [-0.3, -0.25) is 4.79 Å². The van der Waals surface area contributed by atoms with Crippen LogP contribution >= 0.6 is 0 Å². The van der Waals surface area contributed by atoms with Gasteiger partial charge in [0, 0.05) is 43.9 Å². The highest BCUT2D eigenvalue weighted by atomic mass is 19.1. The standard InChI is InChI=1S/C25H27F3N4O3/c1-13-10-32(24(33)20-12-35-6-5-29-20)11-14(2)25(13,34)22-17(26)7-15(8-18(22)27)16-3-4-30-23-21(16)19(28)9-31-23/h3-4,7-9,13-14,20,29,34H,5-6,10-12H2,1-2H3,(H,30,31)/t13-,14+,20?,25?. The van der Waals surface area contributed by atoms with Crippen LogP contribution in [0, 0.1) is 29.3 Å². The average Bonchev–Trinajstić information content (AvgIpc) is 3.23. The lowest BCUT2D eigenvalue weighted by atomic mass is 9.70. The van der Waals surface area contributed by atoms with Gasteiger partial charge < -0.3 is 25.0 Å². The number of aromatic amines is 1. The third kappa shape index (κ3) is 3.89. The molecule has 4 atom stereocenters. The Labute approximate surface area is 200 Å². The van der Waals surface area contributed by atoms with Crippen molar-refractivity contribution in [3.63, 3.8) is 0 Å². The molecule has 0 aliphatic carbocycles. The molecule has 35 heavy (non-hydrogen) atoms. The SMILES string of the molecule is C[C@@H]1CN(C(=O)C2COCCN2)C[C@H](C)C1(O)c1c(F)cc(-c2ccnc3[nH]cc(F)c23)cc1F. The number of hydrogen-bond donors (Lipinski definition) is 3. The van der Waals surface area contributed by atoms with Crippen LogP contribution in [0.4, 0.5) is 13.2 Å². The minimum absolute atomic E-state index is 0.131. The number of nitrogens with zero attached hydrogens (tertiary/aromatic N) is 2. The first kappa shape index (κ1) is 23.8. The molecule has 4 heterocycles. The number of fused-ring (bicyclic) bond motifs is 1. The Morgan fingerprint density at radius 2 is 1.86 bits per heavy atom. The number of carbonyl (C=O) groups is 1. The number of piperidine rings is 1. The number of ether oxygens (including phenoxy) is 1. The van der Waals surface area contributed by atoms with Crippen LogP contribution in [0.5, 0.6) is 0 Å². The second kappa shape index (κ2) is 8.92. The number of amides is 1. The maximum absolute atomic E-state index is 15.5. The molecule has 5 rings (SSSR count). The van der Waals surface area contributed by atoms with Gasteiger partial charge in [-0.1, -0.05) is 13.8 Å². The second-order valence-corrected chi connectivity index (χ2v) is 9.49.